The monoisotopic (exact) mass is 508 g/mol. The Labute approximate surface area is 183 Å². The normalized spacial score (nSPS) is 10.6. The number of amides is 2. The van der Waals surface area contributed by atoms with Gasteiger partial charge in [-0.05, 0) is 62.1 Å². The molecule has 4 nitrogen and oxygen atoms in total. The molecule has 2 aromatic rings. The molecule has 150 valence electrons. The van der Waals surface area contributed by atoms with E-state index in [4.69, 9.17) is 0 Å². The molecule has 2 amide bonds. The van der Waals surface area contributed by atoms with Gasteiger partial charge in [0.2, 0.25) is 0 Å². The highest BCUT2D eigenvalue weighted by molar-refractivity contribution is 9.10. The molecule has 0 atom stereocenters. The van der Waals surface area contributed by atoms with Gasteiger partial charge in [0.15, 0.2) is 0 Å². The average Bonchev–Trinajstić information content (AvgIpc) is 2.67. The number of benzene rings is 2. The SMILES string of the molecule is Cc1ccc(C(=O)NCCCCCCNC(=O)c2ccc(C)c(Br)c2)cc1Br. The predicted molar refractivity (Wildman–Crippen MR) is 121 cm³/mol. The van der Waals surface area contributed by atoms with E-state index in [-0.39, 0.29) is 11.8 Å². The van der Waals surface area contributed by atoms with Crippen molar-refractivity contribution in [3.05, 3.63) is 67.6 Å². The number of aryl methyl sites for hydroxylation is 2. The highest BCUT2D eigenvalue weighted by atomic mass is 79.9. The second kappa shape index (κ2) is 11.4. The molecule has 0 heterocycles. The summed E-state index contributed by atoms with van der Waals surface area (Å²) in [7, 11) is 0. The molecule has 28 heavy (non-hydrogen) atoms. The van der Waals surface area contributed by atoms with Crippen LogP contribution in [-0.2, 0) is 0 Å². The number of hydrogen-bond acceptors (Lipinski definition) is 2. The molecule has 0 spiro atoms. The van der Waals surface area contributed by atoms with E-state index in [1.165, 1.54) is 0 Å². The third-order valence-corrected chi connectivity index (χ3v) is 6.25. The second-order valence-corrected chi connectivity index (χ2v) is 8.56. The highest BCUT2D eigenvalue weighted by Crippen LogP contribution is 2.18. The molecular formula is C22H26Br2N2O2. The summed E-state index contributed by atoms with van der Waals surface area (Å²) in [5.74, 6) is -0.0885. The summed E-state index contributed by atoms with van der Waals surface area (Å²) in [4.78, 5) is 24.2. The summed E-state index contributed by atoms with van der Waals surface area (Å²) in [5.41, 5.74) is 3.56. The second-order valence-electron chi connectivity index (χ2n) is 6.85. The van der Waals surface area contributed by atoms with Crippen LogP contribution in [0.25, 0.3) is 0 Å². The Morgan fingerprint density at radius 3 is 1.46 bits per heavy atom. The molecule has 0 aromatic heterocycles. The first kappa shape index (κ1) is 22.6. The van der Waals surface area contributed by atoms with Crippen molar-refractivity contribution in [2.24, 2.45) is 0 Å². The number of carbonyl (C=O) groups is 2. The van der Waals surface area contributed by atoms with Crippen molar-refractivity contribution in [2.45, 2.75) is 39.5 Å². The third kappa shape index (κ3) is 7.06. The molecule has 0 fully saturated rings. The fraction of sp³-hybridized carbons (Fsp3) is 0.364. The fourth-order valence-electron chi connectivity index (χ4n) is 2.68. The Kier molecular flexibility index (Phi) is 9.19. The number of halogens is 2. The quantitative estimate of drug-likeness (QED) is 0.435. The number of nitrogens with one attached hydrogen (secondary N) is 2. The van der Waals surface area contributed by atoms with Gasteiger partial charge in [-0.1, -0.05) is 56.8 Å². The molecule has 0 saturated carbocycles. The van der Waals surface area contributed by atoms with Crippen LogP contribution < -0.4 is 10.6 Å². The maximum absolute atomic E-state index is 12.1. The number of hydrogen-bond donors (Lipinski definition) is 2. The zero-order valence-electron chi connectivity index (χ0n) is 16.3. The largest absolute Gasteiger partial charge is 0.352 e. The minimum Gasteiger partial charge on any atom is -0.352 e. The fourth-order valence-corrected chi connectivity index (χ4v) is 3.44. The first-order valence-electron chi connectivity index (χ1n) is 9.47. The number of rotatable bonds is 9. The summed E-state index contributed by atoms with van der Waals surface area (Å²) in [6.07, 6.45) is 3.89. The molecule has 0 aliphatic rings. The summed E-state index contributed by atoms with van der Waals surface area (Å²) in [6, 6.07) is 11.2. The molecule has 0 aliphatic carbocycles. The Bertz CT molecular complexity index is 768. The third-order valence-electron chi connectivity index (χ3n) is 4.54. The van der Waals surface area contributed by atoms with Crippen LogP contribution in [0.5, 0.6) is 0 Å². The van der Waals surface area contributed by atoms with Crippen LogP contribution in [0.2, 0.25) is 0 Å². The van der Waals surface area contributed by atoms with Crippen molar-refractivity contribution in [1.82, 2.24) is 10.6 Å². The minimum atomic E-state index is -0.0442. The van der Waals surface area contributed by atoms with Gasteiger partial charge in [0.1, 0.15) is 0 Å². The van der Waals surface area contributed by atoms with E-state index in [1.54, 1.807) is 0 Å². The molecular weight excluding hydrogens is 484 g/mol. The Hall–Kier alpha value is -1.66. The Morgan fingerprint density at radius 1 is 0.714 bits per heavy atom. The van der Waals surface area contributed by atoms with E-state index in [2.05, 4.69) is 42.5 Å². The van der Waals surface area contributed by atoms with E-state index in [9.17, 15) is 9.59 Å². The van der Waals surface area contributed by atoms with Gasteiger partial charge in [-0.3, -0.25) is 9.59 Å². The molecule has 6 heteroatoms. The maximum Gasteiger partial charge on any atom is 0.251 e. The number of carbonyl (C=O) groups excluding carboxylic acids is 2. The van der Waals surface area contributed by atoms with Gasteiger partial charge < -0.3 is 10.6 Å². The molecule has 2 rings (SSSR count). The topological polar surface area (TPSA) is 58.2 Å². The summed E-state index contributed by atoms with van der Waals surface area (Å²) < 4.78 is 1.89. The first-order chi connectivity index (χ1) is 13.4. The van der Waals surface area contributed by atoms with Crippen molar-refractivity contribution < 1.29 is 9.59 Å². The zero-order chi connectivity index (χ0) is 20.5. The van der Waals surface area contributed by atoms with Crippen molar-refractivity contribution in [1.29, 1.82) is 0 Å². The molecule has 2 N–H and O–H groups in total. The van der Waals surface area contributed by atoms with Gasteiger partial charge in [-0.25, -0.2) is 0 Å². The Morgan fingerprint density at radius 2 is 1.11 bits per heavy atom. The highest BCUT2D eigenvalue weighted by Gasteiger charge is 2.07. The molecule has 0 bridgehead atoms. The van der Waals surface area contributed by atoms with Gasteiger partial charge in [0.25, 0.3) is 11.8 Å². The molecule has 0 unspecified atom stereocenters. The smallest absolute Gasteiger partial charge is 0.251 e. The standard InChI is InChI=1S/C22H26Br2N2O2/c1-15-7-9-17(13-19(15)23)21(27)25-11-5-3-4-6-12-26-22(28)18-10-8-16(2)20(24)14-18/h7-10,13-14H,3-6,11-12H2,1-2H3,(H,25,27)(H,26,28). The van der Waals surface area contributed by atoms with E-state index in [0.717, 1.165) is 45.8 Å². The molecule has 0 radical (unpaired) electrons. The van der Waals surface area contributed by atoms with Gasteiger partial charge in [-0.15, -0.1) is 0 Å². The summed E-state index contributed by atoms with van der Waals surface area (Å²) in [6.45, 7) is 5.31. The van der Waals surface area contributed by atoms with E-state index < -0.39 is 0 Å². The van der Waals surface area contributed by atoms with Crippen LogP contribution in [0.15, 0.2) is 45.3 Å². The van der Waals surface area contributed by atoms with Crippen LogP contribution in [0, 0.1) is 13.8 Å². The van der Waals surface area contributed by atoms with E-state index in [1.807, 2.05) is 50.2 Å². The lowest BCUT2D eigenvalue weighted by atomic mass is 10.1. The summed E-state index contributed by atoms with van der Waals surface area (Å²) >= 11 is 6.90. The van der Waals surface area contributed by atoms with Crippen LogP contribution in [-0.4, -0.2) is 24.9 Å². The van der Waals surface area contributed by atoms with Crippen LogP contribution in [0.4, 0.5) is 0 Å². The van der Waals surface area contributed by atoms with Gasteiger partial charge >= 0.3 is 0 Å². The molecule has 2 aromatic carbocycles. The van der Waals surface area contributed by atoms with Crippen LogP contribution in [0.1, 0.15) is 57.5 Å². The summed E-state index contributed by atoms with van der Waals surface area (Å²) in [5, 5.41) is 5.90. The molecule has 0 saturated heterocycles. The lowest BCUT2D eigenvalue weighted by Gasteiger charge is -2.08. The lowest BCUT2D eigenvalue weighted by Crippen LogP contribution is -2.25. The Balaban J connectivity index is 1.56. The maximum atomic E-state index is 12.1. The van der Waals surface area contributed by atoms with Crippen molar-refractivity contribution >= 4 is 43.7 Å². The van der Waals surface area contributed by atoms with Gasteiger partial charge in [0, 0.05) is 33.2 Å². The van der Waals surface area contributed by atoms with Crippen LogP contribution >= 0.6 is 31.9 Å². The van der Waals surface area contributed by atoms with Gasteiger partial charge in [-0.2, -0.15) is 0 Å². The van der Waals surface area contributed by atoms with Crippen molar-refractivity contribution in [3.8, 4) is 0 Å². The number of unbranched alkanes of at least 4 members (excludes halogenated alkanes) is 3. The average molecular weight is 510 g/mol. The first-order valence-corrected chi connectivity index (χ1v) is 11.1. The lowest BCUT2D eigenvalue weighted by molar-refractivity contribution is 0.0943. The minimum absolute atomic E-state index is 0.0442. The van der Waals surface area contributed by atoms with E-state index >= 15 is 0 Å². The zero-order valence-corrected chi connectivity index (χ0v) is 19.5. The predicted octanol–water partition coefficient (Wildman–Crippen LogP) is 5.55. The van der Waals surface area contributed by atoms with Crippen LogP contribution in [0.3, 0.4) is 0 Å². The van der Waals surface area contributed by atoms with Crippen molar-refractivity contribution in [2.75, 3.05) is 13.1 Å². The van der Waals surface area contributed by atoms with E-state index in [0.29, 0.717) is 24.2 Å². The molecule has 0 aliphatic heterocycles. The van der Waals surface area contributed by atoms with Crippen molar-refractivity contribution in [3.63, 3.8) is 0 Å². The van der Waals surface area contributed by atoms with Gasteiger partial charge in [0.05, 0.1) is 0 Å².